The summed E-state index contributed by atoms with van der Waals surface area (Å²) in [5, 5.41) is 0. The fourth-order valence-corrected chi connectivity index (χ4v) is 5.40. The second kappa shape index (κ2) is 9.88. The maximum atomic E-state index is 13.1. The van der Waals surface area contributed by atoms with Crippen molar-refractivity contribution in [1.82, 2.24) is 4.57 Å². The predicted molar refractivity (Wildman–Crippen MR) is 113 cm³/mol. The first-order valence-corrected chi connectivity index (χ1v) is 12.1. The number of hydrogen-bond acceptors (Lipinski definition) is 7. The van der Waals surface area contributed by atoms with Crippen molar-refractivity contribution in [3.05, 3.63) is 26.6 Å². The fourth-order valence-electron chi connectivity index (χ4n) is 3.34. The molecule has 1 unspecified atom stereocenters. The van der Waals surface area contributed by atoms with Gasteiger partial charge in [-0.15, -0.1) is 0 Å². The maximum Gasteiger partial charge on any atom is 0.330 e. The number of pyridine rings is 1. The van der Waals surface area contributed by atoms with Crippen LogP contribution < -0.4 is 10.2 Å². The van der Waals surface area contributed by atoms with Crippen LogP contribution in [-0.2, 0) is 24.9 Å². The number of methoxy groups -OCH3 is 1. The molecule has 0 radical (unpaired) electrons. The van der Waals surface area contributed by atoms with E-state index in [4.69, 9.17) is 18.5 Å². The highest BCUT2D eigenvalue weighted by atomic mass is 79.9. The number of halogens is 1. The third-order valence-electron chi connectivity index (χ3n) is 4.91. The van der Waals surface area contributed by atoms with Crippen LogP contribution in [0.2, 0.25) is 0 Å². The van der Waals surface area contributed by atoms with Gasteiger partial charge in [0, 0.05) is 12.8 Å². The van der Waals surface area contributed by atoms with Gasteiger partial charge >= 0.3 is 7.60 Å². The van der Waals surface area contributed by atoms with Gasteiger partial charge in [-0.25, -0.2) is 0 Å². The highest BCUT2D eigenvalue weighted by molar-refractivity contribution is 9.10. The normalized spacial score (nSPS) is 18.6. The van der Waals surface area contributed by atoms with Crippen molar-refractivity contribution < 1.29 is 27.9 Å². The fraction of sp³-hybridized carbons (Fsp3) is 0.684. The highest BCUT2D eigenvalue weighted by Gasteiger charge is 2.45. The minimum Gasteiger partial charge on any atom is -0.491 e. The Balaban J connectivity index is 2.14. The predicted octanol–water partition coefficient (Wildman–Crippen LogP) is 3.88. The summed E-state index contributed by atoms with van der Waals surface area (Å²) in [4.78, 5) is 25.4. The van der Waals surface area contributed by atoms with Gasteiger partial charge in [0.25, 0.3) is 0 Å². The Kier molecular flexibility index (Phi) is 8.27. The summed E-state index contributed by atoms with van der Waals surface area (Å²) < 4.78 is 36.4. The number of ether oxygens (including phenoxy) is 2. The summed E-state index contributed by atoms with van der Waals surface area (Å²) in [5.74, 6) is -0.185. The van der Waals surface area contributed by atoms with E-state index in [9.17, 15) is 14.2 Å². The second-order valence-electron chi connectivity index (χ2n) is 7.27. The van der Waals surface area contributed by atoms with Crippen molar-refractivity contribution in [2.75, 3.05) is 33.1 Å². The molecule has 0 bridgehead atoms. The molecule has 164 valence electrons. The van der Waals surface area contributed by atoms with Crippen LogP contribution in [0, 0.1) is 5.41 Å². The smallest absolute Gasteiger partial charge is 0.330 e. The average Bonchev–Trinajstić information content (AvgIpc) is 2.65. The molecule has 0 N–H and O–H groups in total. The van der Waals surface area contributed by atoms with Gasteiger partial charge in [0.2, 0.25) is 5.43 Å². The monoisotopic (exact) mass is 493 g/mol. The molecule has 29 heavy (non-hydrogen) atoms. The SMILES string of the molecule is CCOP(=O)(CCCOC1Cn2cc(Br)c(=O)c(OC)c2C(=O)C1(C)C)OCC. The zero-order valence-corrected chi connectivity index (χ0v) is 20.0. The third-order valence-corrected chi connectivity index (χ3v) is 7.65. The van der Waals surface area contributed by atoms with E-state index < -0.39 is 19.1 Å². The number of ketones is 1. The lowest BCUT2D eigenvalue weighted by atomic mass is 9.77. The number of nitrogens with zero attached hydrogens (tertiary/aromatic N) is 1. The molecule has 0 saturated carbocycles. The Bertz CT molecular complexity index is 842. The molecule has 0 fully saturated rings. The molecular weight excluding hydrogens is 465 g/mol. The Morgan fingerprint density at radius 1 is 1.24 bits per heavy atom. The van der Waals surface area contributed by atoms with Gasteiger partial charge in [0.1, 0.15) is 5.69 Å². The van der Waals surface area contributed by atoms with Gasteiger partial charge in [0.05, 0.1) is 49.0 Å². The molecule has 1 aromatic heterocycles. The van der Waals surface area contributed by atoms with Crippen molar-refractivity contribution in [2.45, 2.75) is 46.8 Å². The minimum absolute atomic E-state index is 0.0327. The van der Waals surface area contributed by atoms with Crippen molar-refractivity contribution >= 4 is 29.3 Å². The van der Waals surface area contributed by atoms with Crippen molar-refractivity contribution in [3.63, 3.8) is 0 Å². The van der Waals surface area contributed by atoms with Gasteiger partial charge < -0.3 is 23.1 Å². The summed E-state index contributed by atoms with van der Waals surface area (Å²) >= 11 is 3.23. The van der Waals surface area contributed by atoms with E-state index in [1.54, 1.807) is 38.5 Å². The van der Waals surface area contributed by atoms with Gasteiger partial charge in [-0.2, -0.15) is 0 Å². The van der Waals surface area contributed by atoms with E-state index in [0.29, 0.717) is 37.3 Å². The molecule has 0 aromatic carbocycles. The van der Waals surface area contributed by atoms with Crippen LogP contribution in [0.15, 0.2) is 15.5 Å². The quantitative estimate of drug-likeness (QED) is 0.360. The van der Waals surface area contributed by atoms with E-state index >= 15 is 0 Å². The van der Waals surface area contributed by atoms with E-state index in [0.717, 1.165) is 0 Å². The number of carbonyl (C=O) groups excluding carboxylic acids is 1. The van der Waals surface area contributed by atoms with Crippen LogP contribution in [0.5, 0.6) is 5.75 Å². The molecule has 0 aliphatic carbocycles. The zero-order valence-electron chi connectivity index (χ0n) is 17.5. The van der Waals surface area contributed by atoms with Crippen LogP contribution in [0.1, 0.15) is 44.6 Å². The number of Topliss-reactive ketones (excluding diaryl/α,β-unsaturated/α-hetero) is 1. The molecule has 10 heteroatoms. The number of aromatic nitrogens is 1. The summed E-state index contributed by atoms with van der Waals surface area (Å²) in [6, 6.07) is 0. The maximum absolute atomic E-state index is 13.1. The summed E-state index contributed by atoms with van der Waals surface area (Å²) in [7, 11) is -1.74. The molecule has 8 nitrogen and oxygen atoms in total. The van der Waals surface area contributed by atoms with Gasteiger partial charge in [-0.3, -0.25) is 14.2 Å². The lowest BCUT2D eigenvalue weighted by Crippen LogP contribution is -2.48. The molecule has 0 spiro atoms. The van der Waals surface area contributed by atoms with E-state index in [2.05, 4.69) is 15.9 Å². The molecule has 1 aliphatic rings. The molecule has 1 aromatic rings. The first-order valence-electron chi connectivity index (χ1n) is 9.62. The average molecular weight is 494 g/mol. The molecule has 0 amide bonds. The minimum atomic E-state index is -3.12. The number of fused-ring (bicyclic) bond motifs is 1. The highest BCUT2D eigenvalue weighted by Crippen LogP contribution is 2.48. The Hall–Kier alpha value is -0.990. The Morgan fingerprint density at radius 2 is 1.86 bits per heavy atom. The van der Waals surface area contributed by atoms with E-state index in [1.807, 2.05) is 0 Å². The number of carbonyl (C=O) groups is 1. The van der Waals surface area contributed by atoms with Gasteiger partial charge in [0.15, 0.2) is 11.5 Å². The van der Waals surface area contributed by atoms with E-state index in [1.165, 1.54) is 7.11 Å². The summed E-state index contributed by atoms with van der Waals surface area (Å²) in [5.41, 5.74) is -0.954. The topological polar surface area (TPSA) is 93.1 Å². The van der Waals surface area contributed by atoms with Gasteiger partial charge in [-0.05, 0) is 50.0 Å². The summed E-state index contributed by atoms with van der Waals surface area (Å²) in [6.45, 7) is 8.44. The van der Waals surface area contributed by atoms with Crippen LogP contribution in [0.4, 0.5) is 0 Å². The molecular formula is C19H29BrNO7P. The number of hydrogen-bond donors (Lipinski definition) is 0. The second-order valence-corrected chi connectivity index (χ2v) is 10.3. The van der Waals surface area contributed by atoms with Crippen LogP contribution >= 0.6 is 23.5 Å². The van der Waals surface area contributed by atoms with Crippen LogP contribution in [-0.4, -0.2) is 49.5 Å². The summed E-state index contributed by atoms with van der Waals surface area (Å²) in [6.07, 6.45) is 1.89. The van der Waals surface area contributed by atoms with E-state index in [-0.39, 0.29) is 28.8 Å². The van der Waals surface area contributed by atoms with Crippen molar-refractivity contribution in [1.29, 1.82) is 0 Å². The zero-order chi connectivity index (χ0) is 21.8. The molecule has 1 atom stereocenters. The van der Waals surface area contributed by atoms with Crippen LogP contribution in [0.3, 0.4) is 0 Å². The van der Waals surface area contributed by atoms with Crippen LogP contribution in [0.25, 0.3) is 0 Å². The Morgan fingerprint density at radius 3 is 2.41 bits per heavy atom. The third kappa shape index (κ3) is 5.20. The Labute approximate surface area is 179 Å². The largest absolute Gasteiger partial charge is 0.491 e. The van der Waals surface area contributed by atoms with Crippen molar-refractivity contribution in [2.24, 2.45) is 5.41 Å². The number of rotatable bonds is 10. The van der Waals surface area contributed by atoms with Crippen molar-refractivity contribution in [3.8, 4) is 5.75 Å². The standard InChI is InChI=1S/C19H29BrNO7P/c1-6-27-29(24,28-7-2)10-8-9-26-14-12-21-11-13(20)16(22)17(25-5)15(21)18(23)19(14,3)4/h11,14H,6-10,12H2,1-5H3. The molecule has 2 rings (SSSR count). The first-order chi connectivity index (χ1) is 13.6. The molecule has 1 aliphatic heterocycles. The molecule has 0 saturated heterocycles. The van der Waals surface area contributed by atoms with Gasteiger partial charge in [-0.1, -0.05) is 0 Å². The lowest BCUT2D eigenvalue weighted by Gasteiger charge is -2.39. The molecule has 2 heterocycles. The first kappa shape index (κ1) is 24.3. The lowest BCUT2D eigenvalue weighted by molar-refractivity contribution is -0.0328.